The van der Waals surface area contributed by atoms with Gasteiger partial charge >= 0.3 is 0 Å². The molecule has 0 bridgehead atoms. The third kappa shape index (κ3) is 7.57. The fourth-order valence-electron chi connectivity index (χ4n) is 2.66. The van der Waals surface area contributed by atoms with Crippen LogP contribution in [0.15, 0.2) is 0 Å². The topological polar surface area (TPSA) is 87.6 Å². The van der Waals surface area contributed by atoms with Crippen LogP contribution in [-0.4, -0.2) is 121 Å². The summed E-state index contributed by atoms with van der Waals surface area (Å²) in [5.74, 6) is 0.212. The van der Waals surface area contributed by atoms with Crippen molar-refractivity contribution in [1.29, 1.82) is 0 Å². The summed E-state index contributed by atoms with van der Waals surface area (Å²) in [4.78, 5) is 31.8. The van der Waals surface area contributed by atoms with E-state index in [0.29, 0.717) is 65.2 Å². The van der Waals surface area contributed by atoms with E-state index in [1.54, 1.807) is 0 Å². The number of nitrogens with zero attached hydrogens (tertiary/aromatic N) is 4. The zero-order valence-electron chi connectivity index (χ0n) is 15.0. The molecule has 1 aliphatic rings. The minimum Gasteiger partial charge on any atom is -0.395 e. The molecule has 0 radical (unpaired) electrons. The van der Waals surface area contributed by atoms with Crippen LogP contribution in [0.3, 0.4) is 0 Å². The first-order chi connectivity index (χ1) is 11.5. The van der Waals surface area contributed by atoms with Gasteiger partial charge in [-0.05, 0) is 14.1 Å². The lowest BCUT2D eigenvalue weighted by Crippen LogP contribution is -2.51. The molecule has 0 aromatic heterocycles. The molecule has 1 saturated heterocycles. The summed E-state index contributed by atoms with van der Waals surface area (Å²) in [7, 11) is 3.77. The molecule has 0 aromatic carbocycles. The Morgan fingerprint density at radius 2 is 1.08 bits per heavy atom. The Labute approximate surface area is 144 Å². The highest BCUT2D eigenvalue weighted by molar-refractivity contribution is 5.78. The highest BCUT2D eigenvalue weighted by Crippen LogP contribution is 2.06. The maximum Gasteiger partial charge on any atom is 0.223 e. The first-order valence-electron chi connectivity index (χ1n) is 8.62. The maximum atomic E-state index is 12.2. The first-order valence-corrected chi connectivity index (χ1v) is 8.62. The Hall–Kier alpha value is -1.22. The summed E-state index contributed by atoms with van der Waals surface area (Å²) < 4.78 is 0. The van der Waals surface area contributed by atoms with Crippen LogP contribution in [0.2, 0.25) is 0 Å². The lowest BCUT2D eigenvalue weighted by Gasteiger charge is -2.35. The van der Waals surface area contributed by atoms with Gasteiger partial charge in [0.25, 0.3) is 0 Å². The molecule has 1 aliphatic heterocycles. The number of aliphatic hydroxyl groups is 2. The van der Waals surface area contributed by atoms with Crippen molar-refractivity contribution in [2.45, 2.75) is 12.8 Å². The highest BCUT2D eigenvalue weighted by Gasteiger charge is 2.23. The Morgan fingerprint density at radius 3 is 1.38 bits per heavy atom. The molecule has 1 fully saturated rings. The van der Waals surface area contributed by atoms with Gasteiger partial charge in [0.05, 0.1) is 13.2 Å². The van der Waals surface area contributed by atoms with Crippen LogP contribution >= 0.6 is 0 Å². The van der Waals surface area contributed by atoms with E-state index >= 15 is 0 Å². The predicted molar refractivity (Wildman–Crippen MR) is 91.6 cm³/mol. The van der Waals surface area contributed by atoms with Crippen LogP contribution in [0.1, 0.15) is 12.8 Å². The average Bonchev–Trinajstić information content (AvgIpc) is 2.58. The van der Waals surface area contributed by atoms with Gasteiger partial charge in [-0.15, -0.1) is 0 Å². The molecule has 0 aromatic rings. The van der Waals surface area contributed by atoms with E-state index in [1.807, 2.05) is 33.7 Å². The van der Waals surface area contributed by atoms with Crippen LogP contribution in [0.4, 0.5) is 0 Å². The van der Waals surface area contributed by atoms with E-state index in [-0.39, 0.29) is 25.0 Å². The quantitative estimate of drug-likeness (QED) is 0.491. The van der Waals surface area contributed by atoms with Crippen LogP contribution in [-0.2, 0) is 9.59 Å². The van der Waals surface area contributed by atoms with Gasteiger partial charge in [0.15, 0.2) is 0 Å². The van der Waals surface area contributed by atoms with Crippen molar-refractivity contribution in [3.8, 4) is 0 Å². The number of piperazine rings is 1. The normalized spacial score (nSPS) is 15.4. The second-order valence-corrected chi connectivity index (χ2v) is 6.32. The van der Waals surface area contributed by atoms with Crippen molar-refractivity contribution in [1.82, 2.24) is 19.6 Å². The zero-order valence-corrected chi connectivity index (χ0v) is 15.0. The lowest BCUT2D eigenvalue weighted by atomic mass is 10.2. The van der Waals surface area contributed by atoms with Gasteiger partial charge in [0.2, 0.25) is 11.8 Å². The molecule has 8 heteroatoms. The number of carbonyl (C=O) groups is 2. The van der Waals surface area contributed by atoms with E-state index in [4.69, 9.17) is 10.2 Å². The third-order valence-corrected chi connectivity index (χ3v) is 4.36. The molecular weight excluding hydrogens is 312 g/mol. The largest absolute Gasteiger partial charge is 0.395 e. The number of hydrogen-bond acceptors (Lipinski definition) is 6. The van der Waals surface area contributed by atoms with Crippen LogP contribution in [0.25, 0.3) is 0 Å². The van der Waals surface area contributed by atoms with E-state index in [1.165, 1.54) is 0 Å². The van der Waals surface area contributed by atoms with Gasteiger partial charge in [0.1, 0.15) is 0 Å². The first kappa shape index (κ1) is 20.8. The van der Waals surface area contributed by atoms with Crippen LogP contribution in [0, 0.1) is 0 Å². The number of hydrogen-bond donors (Lipinski definition) is 2. The molecule has 2 N–H and O–H groups in total. The molecule has 2 amide bonds. The summed E-state index contributed by atoms with van der Waals surface area (Å²) >= 11 is 0. The molecular formula is C16H32N4O4. The second kappa shape index (κ2) is 11.4. The number of amides is 2. The third-order valence-electron chi connectivity index (χ3n) is 4.36. The number of aliphatic hydroxyl groups excluding tert-OH is 2. The molecule has 8 nitrogen and oxygen atoms in total. The molecule has 0 aliphatic carbocycles. The Morgan fingerprint density at radius 1 is 0.750 bits per heavy atom. The van der Waals surface area contributed by atoms with Crippen molar-refractivity contribution < 1.29 is 19.8 Å². The van der Waals surface area contributed by atoms with Gasteiger partial charge in [-0.3, -0.25) is 9.59 Å². The van der Waals surface area contributed by atoms with Gasteiger partial charge in [-0.2, -0.15) is 0 Å². The van der Waals surface area contributed by atoms with E-state index in [9.17, 15) is 9.59 Å². The van der Waals surface area contributed by atoms with Gasteiger partial charge in [0, 0.05) is 65.2 Å². The SMILES string of the molecule is CN(CCO)CCC(=O)N1CCN(C(=O)CCN(C)CCO)CC1. The Balaban J connectivity index is 2.25. The molecule has 24 heavy (non-hydrogen) atoms. The maximum absolute atomic E-state index is 12.2. The predicted octanol–water partition coefficient (Wildman–Crippen LogP) is -1.71. The number of rotatable bonds is 10. The number of likely N-dealkylation sites (N-methyl/N-ethyl adjacent to an activating group) is 2. The number of carbonyl (C=O) groups excluding carboxylic acids is 2. The average molecular weight is 344 g/mol. The van der Waals surface area contributed by atoms with Gasteiger partial charge in [-0.25, -0.2) is 0 Å². The Bertz CT molecular complexity index is 350. The van der Waals surface area contributed by atoms with E-state index in [0.717, 1.165) is 0 Å². The molecule has 0 atom stereocenters. The summed E-state index contributed by atoms with van der Waals surface area (Å²) in [6, 6.07) is 0. The van der Waals surface area contributed by atoms with Crippen molar-refractivity contribution in [3.05, 3.63) is 0 Å². The minimum absolute atomic E-state index is 0.0962. The van der Waals surface area contributed by atoms with Crippen molar-refractivity contribution in [2.24, 2.45) is 0 Å². The fraction of sp³-hybridized carbons (Fsp3) is 0.875. The van der Waals surface area contributed by atoms with Crippen molar-refractivity contribution in [2.75, 3.05) is 79.7 Å². The summed E-state index contributed by atoms with van der Waals surface area (Å²) in [5, 5.41) is 17.7. The molecule has 1 heterocycles. The lowest BCUT2D eigenvalue weighted by molar-refractivity contribution is -0.139. The monoisotopic (exact) mass is 344 g/mol. The Kier molecular flexibility index (Phi) is 9.85. The molecule has 1 rings (SSSR count). The van der Waals surface area contributed by atoms with Crippen molar-refractivity contribution >= 4 is 11.8 Å². The van der Waals surface area contributed by atoms with E-state index < -0.39 is 0 Å². The standard InChI is InChI=1S/C16H32N4O4/c1-17(11-13-21)5-3-15(23)19-7-9-20(10-8-19)16(24)4-6-18(2)12-14-22/h21-22H,3-14H2,1-2H3. The minimum atomic E-state index is 0.0962. The van der Waals surface area contributed by atoms with Crippen molar-refractivity contribution in [3.63, 3.8) is 0 Å². The summed E-state index contributed by atoms with van der Waals surface area (Å²) in [6.45, 7) is 4.94. The van der Waals surface area contributed by atoms with Gasteiger partial charge < -0.3 is 29.8 Å². The van der Waals surface area contributed by atoms with Crippen LogP contribution in [0.5, 0.6) is 0 Å². The summed E-state index contributed by atoms with van der Waals surface area (Å²) in [5.41, 5.74) is 0. The molecule has 0 saturated carbocycles. The highest BCUT2D eigenvalue weighted by atomic mass is 16.3. The molecule has 140 valence electrons. The zero-order chi connectivity index (χ0) is 17.9. The second-order valence-electron chi connectivity index (χ2n) is 6.32. The smallest absolute Gasteiger partial charge is 0.223 e. The van der Waals surface area contributed by atoms with Crippen LogP contribution < -0.4 is 0 Å². The summed E-state index contributed by atoms with van der Waals surface area (Å²) in [6.07, 6.45) is 0.882. The van der Waals surface area contributed by atoms with Gasteiger partial charge in [-0.1, -0.05) is 0 Å². The molecule has 0 unspecified atom stereocenters. The fourth-order valence-corrected chi connectivity index (χ4v) is 2.66. The molecule has 0 spiro atoms. The van der Waals surface area contributed by atoms with E-state index in [2.05, 4.69) is 0 Å².